The highest BCUT2D eigenvalue weighted by atomic mass is 19.1. The molecule has 2 heterocycles. The molecule has 1 aliphatic rings. The Kier molecular flexibility index (Phi) is 3.03. The summed E-state index contributed by atoms with van der Waals surface area (Å²) in [5.74, 6) is 1.61. The first kappa shape index (κ1) is 13.2. The largest absolute Gasteiger partial charge is 0.448 e. The molecule has 0 amide bonds. The number of aromatic nitrogens is 3. The standard InChI is InChI=1S/C16H14FN3O2/c1-9-7-11(5-6-12(9)17)14-19-16(22-20-14)13-8-21-15(18-13)10-3-2-4-10/h5-8,10H,2-4H2,1H3. The van der Waals surface area contributed by atoms with Crippen LogP contribution in [0.25, 0.3) is 23.0 Å². The van der Waals surface area contributed by atoms with Gasteiger partial charge < -0.3 is 8.94 Å². The molecule has 4 rings (SSSR count). The molecule has 0 bridgehead atoms. The molecule has 1 fully saturated rings. The zero-order chi connectivity index (χ0) is 15.1. The molecule has 1 aliphatic carbocycles. The summed E-state index contributed by atoms with van der Waals surface area (Å²) >= 11 is 0. The highest BCUT2D eigenvalue weighted by Crippen LogP contribution is 2.36. The number of hydrogen-bond donors (Lipinski definition) is 0. The first-order chi connectivity index (χ1) is 10.7. The van der Waals surface area contributed by atoms with Gasteiger partial charge in [0.1, 0.15) is 12.1 Å². The van der Waals surface area contributed by atoms with Gasteiger partial charge in [-0.3, -0.25) is 0 Å². The maximum absolute atomic E-state index is 13.3. The third-order valence-electron chi connectivity index (χ3n) is 4.04. The zero-order valence-corrected chi connectivity index (χ0v) is 12.0. The van der Waals surface area contributed by atoms with Crippen molar-refractivity contribution in [3.05, 3.63) is 41.7 Å². The molecule has 3 aromatic rings. The molecule has 22 heavy (non-hydrogen) atoms. The normalized spacial score (nSPS) is 15.0. The van der Waals surface area contributed by atoms with Gasteiger partial charge >= 0.3 is 0 Å². The van der Waals surface area contributed by atoms with Crippen LogP contribution in [-0.2, 0) is 0 Å². The van der Waals surface area contributed by atoms with E-state index < -0.39 is 0 Å². The Hall–Kier alpha value is -2.50. The van der Waals surface area contributed by atoms with Crippen LogP contribution in [0.15, 0.2) is 33.4 Å². The monoisotopic (exact) mass is 299 g/mol. The Morgan fingerprint density at radius 3 is 2.82 bits per heavy atom. The van der Waals surface area contributed by atoms with Gasteiger partial charge in [-0.05, 0) is 43.5 Å². The van der Waals surface area contributed by atoms with Gasteiger partial charge in [-0.2, -0.15) is 4.98 Å². The fourth-order valence-corrected chi connectivity index (χ4v) is 2.46. The van der Waals surface area contributed by atoms with Crippen molar-refractivity contribution in [2.24, 2.45) is 0 Å². The van der Waals surface area contributed by atoms with Gasteiger partial charge in [0.05, 0.1) is 0 Å². The van der Waals surface area contributed by atoms with Gasteiger partial charge in [0.2, 0.25) is 5.82 Å². The van der Waals surface area contributed by atoms with Crippen LogP contribution in [0.5, 0.6) is 0 Å². The van der Waals surface area contributed by atoms with Gasteiger partial charge in [-0.25, -0.2) is 9.37 Å². The maximum Gasteiger partial charge on any atom is 0.280 e. The Morgan fingerprint density at radius 1 is 1.23 bits per heavy atom. The fraction of sp³-hybridized carbons (Fsp3) is 0.312. The highest BCUT2D eigenvalue weighted by Gasteiger charge is 2.25. The molecule has 0 unspecified atom stereocenters. The van der Waals surface area contributed by atoms with Crippen molar-refractivity contribution in [2.75, 3.05) is 0 Å². The smallest absolute Gasteiger partial charge is 0.280 e. The van der Waals surface area contributed by atoms with E-state index in [0.717, 1.165) is 18.7 Å². The number of hydrogen-bond acceptors (Lipinski definition) is 5. The summed E-state index contributed by atoms with van der Waals surface area (Å²) in [6, 6.07) is 4.71. The van der Waals surface area contributed by atoms with E-state index in [-0.39, 0.29) is 5.82 Å². The van der Waals surface area contributed by atoms with Gasteiger partial charge in [0, 0.05) is 11.5 Å². The summed E-state index contributed by atoms with van der Waals surface area (Å²) < 4.78 is 24.0. The minimum atomic E-state index is -0.255. The van der Waals surface area contributed by atoms with E-state index >= 15 is 0 Å². The molecule has 6 heteroatoms. The molecule has 0 atom stereocenters. The minimum absolute atomic E-state index is 0.255. The average Bonchev–Trinajstić information content (AvgIpc) is 3.08. The van der Waals surface area contributed by atoms with Crippen LogP contribution in [0, 0.1) is 12.7 Å². The van der Waals surface area contributed by atoms with Crippen molar-refractivity contribution in [2.45, 2.75) is 32.1 Å². The van der Waals surface area contributed by atoms with Gasteiger partial charge in [0.15, 0.2) is 11.6 Å². The van der Waals surface area contributed by atoms with E-state index in [0.29, 0.717) is 34.5 Å². The summed E-state index contributed by atoms with van der Waals surface area (Å²) in [6.07, 6.45) is 4.99. The lowest BCUT2D eigenvalue weighted by atomic mass is 9.85. The van der Waals surface area contributed by atoms with E-state index in [1.165, 1.54) is 12.5 Å². The Labute approximate surface area is 126 Å². The van der Waals surface area contributed by atoms with Gasteiger partial charge in [-0.15, -0.1) is 0 Å². The first-order valence-corrected chi connectivity index (χ1v) is 7.27. The molecule has 1 saturated carbocycles. The number of aryl methyl sites for hydroxylation is 1. The quantitative estimate of drug-likeness (QED) is 0.728. The number of benzene rings is 1. The van der Waals surface area contributed by atoms with Crippen molar-refractivity contribution >= 4 is 0 Å². The van der Waals surface area contributed by atoms with Crippen LogP contribution in [0.2, 0.25) is 0 Å². The lowest BCUT2D eigenvalue weighted by molar-refractivity contribution is 0.335. The number of nitrogens with zero attached hydrogens (tertiary/aromatic N) is 3. The van der Waals surface area contributed by atoms with Crippen molar-refractivity contribution in [3.8, 4) is 23.0 Å². The summed E-state index contributed by atoms with van der Waals surface area (Å²) in [7, 11) is 0. The third-order valence-corrected chi connectivity index (χ3v) is 4.04. The lowest BCUT2D eigenvalue weighted by Gasteiger charge is -2.21. The second kappa shape index (κ2) is 5.05. The average molecular weight is 299 g/mol. The summed E-state index contributed by atoms with van der Waals surface area (Å²) in [4.78, 5) is 8.73. The molecule has 0 saturated heterocycles. The molecule has 0 aliphatic heterocycles. The van der Waals surface area contributed by atoms with E-state index in [4.69, 9.17) is 8.94 Å². The SMILES string of the molecule is Cc1cc(-c2noc(-c3coc(C4CCC4)n3)n2)ccc1F. The van der Waals surface area contributed by atoms with Crippen LogP contribution >= 0.6 is 0 Å². The van der Waals surface area contributed by atoms with E-state index in [2.05, 4.69) is 15.1 Å². The van der Waals surface area contributed by atoms with Crippen molar-refractivity contribution < 1.29 is 13.3 Å². The maximum atomic E-state index is 13.3. The lowest BCUT2D eigenvalue weighted by Crippen LogP contribution is -2.08. The molecule has 0 spiro atoms. The third kappa shape index (κ3) is 2.20. The van der Waals surface area contributed by atoms with Crippen LogP contribution in [0.1, 0.15) is 36.6 Å². The number of halogens is 1. The van der Waals surface area contributed by atoms with Crippen LogP contribution in [-0.4, -0.2) is 15.1 Å². The van der Waals surface area contributed by atoms with E-state index in [1.54, 1.807) is 25.3 Å². The summed E-state index contributed by atoms with van der Waals surface area (Å²) in [6.45, 7) is 1.70. The molecule has 2 aromatic heterocycles. The van der Waals surface area contributed by atoms with Crippen LogP contribution in [0.4, 0.5) is 4.39 Å². The second-order valence-corrected chi connectivity index (χ2v) is 5.59. The predicted molar refractivity (Wildman–Crippen MR) is 76.5 cm³/mol. The topological polar surface area (TPSA) is 65.0 Å². The fourth-order valence-electron chi connectivity index (χ4n) is 2.46. The summed E-state index contributed by atoms with van der Waals surface area (Å²) in [5, 5.41) is 3.93. The van der Waals surface area contributed by atoms with Crippen molar-refractivity contribution in [3.63, 3.8) is 0 Å². The zero-order valence-electron chi connectivity index (χ0n) is 12.0. The van der Waals surface area contributed by atoms with Gasteiger partial charge in [-0.1, -0.05) is 11.6 Å². The molecule has 0 radical (unpaired) electrons. The highest BCUT2D eigenvalue weighted by molar-refractivity contribution is 5.58. The Bertz CT molecular complexity index is 820. The Balaban J connectivity index is 1.63. The minimum Gasteiger partial charge on any atom is -0.448 e. The van der Waals surface area contributed by atoms with E-state index in [1.807, 2.05) is 0 Å². The van der Waals surface area contributed by atoms with Crippen LogP contribution < -0.4 is 0 Å². The molecular formula is C16H14FN3O2. The Morgan fingerprint density at radius 2 is 2.09 bits per heavy atom. The molecule has 112 valence electrons. The van der Waals surface area contributed by atoms with Crippen molar-refractivity contribution in [1.82, 2.24) is 15.1 Å². The van der Waals surface area contributed by atoms with E-state index in [9.17, 15) is 4.39 Å². The molecule has 5 nitrogen and oxygen atoms in total. The number of oxazole rings is 1. The first-order valence-electron chi connectivity index (χ1n) is 7.27. The van der Waals surface area contributed by atoms with Gasteiger partial charge in [0.25, 0.3) is 5.89 Å². The number of rotatable bonds is 3. The molecule has 0 N–H and O–H groups in total. The van der Waals surface area contributed by atoms with Crippen molar-refractivity contribution in [1.29, 1.82) is 0 Å². The molecular weight excluding hydrogens is 285 g/mol. The summed E-state index contributed by atoms with van der Waals surface area (Å²) in [5.41, 5.74) is 1.79. The predicted octanol–water partition coefficient (Wildman–Crippen LogP) is 4.11. The second-order valence-electron chi connectivity index (χ2n) is 5.59. The molecule has 1 aromatic carbocycles. The van der Waals surface area contributed by atoms with Crippen LogP contribution in [0.3, 0.4) is 0 Å².